The van der Waals surface area contributed by atoms with E-state index in [2.05, 4.69) is 21.2 Å². The van der Waals surface area contributed by atoms with Crippen molar-refractivity contribution in [1.29, 1.82) is 0 Å². The van der Waals surface area contributed by atoms with Crippen LogP contribution in [0.3, 0.4) is 0 Å². The molecule has 4 saturated carbocycles. The summed E-state index contributed by atoms with van der Waals surface area (Å²) in [5.74, 6) is 3.51. The van der Waals surface area contributed by atoms with Crippen molar-refractivity contribution in [2.24, 2.45) is 23.2 Å². The highest BCUT2D eigenvalue weighted by atomic mass is 79.9. The third-order valence-electron chi connectivity index (χ3n) is 5.99. The number of benzene rings is 1. The van der Waals surface area contributed by atoms with E-state index >= 15 is 0 Å². The van der Waals surface area contributed by atoms with Gasteiger partial charge in [0, 0.05) is 11.0 Å². The highest BCUT2D eigenvalue weighted by molar-refractivity contribution is 9.10. The van der Waals surface area contributed by atoms with Gasteiger partial charge in [0.1, 0.15) is 5.75 Å². The lowest BCUT2D eigenvalue weighted by molar-refractivity contribution is -0.125. The fourth-order valence-corrected chi connectivity index (χ4v) is 5.93. The van der Waals surface area contributed by atoms with Crippen LogP contribution in [0.15, 0.2) is 28.7 Å². The quantitative estimate of drug-likeness (QED) is 0.836. The number of ether oxygens (including phenoxy) is 1. The zero-order chi connectivity index (χ0) is 15.9. The zero-order valence-electron chi connectivity index (χ0n) is 13.4. The van der Waals surface area contributed by atoms with Crippen LogP contribution in [0.4, 0.5) is 0 Å². The Morgan fingerprint density at radius 2 is 1.83 bits per heavy atom. The molecule has 4 aliphatic rings. The van der Waals surface area contributed by atoms with E-state index in [1.807, 2.05) is 24.3 Å². The maximum atomic E-state index is 12.1. The minimum Gasteiger partial charge on any atom is -0.484 e. The van der Waals surface area contributed by atoms with E-state index in [1.165, 1.54) is 38.5 Å². The predicted octanol–water partition coefficient (Wildman–Crippen LogP) is 4.16. The lowest BCUT2D eigenvalue weighted by atomic mass is 9.49. The molecular weight excluding hydrogens is 354 g/mol. The molecule has 0 aliphatic heterocycles. The van der Waals surface area contributed by atoms with E-state index in [4.69, 9.17) is 4.74 Å². The van der Waals surface area contributed by atoms with Crippen molar-refractivity contribution in [2.75, 3.05) is 13.2 Å². The van der Waals surface area contributed by atoms with Gasteiger partial charge in [-0.3, -0.25) is 4.79 Å². The average molecular weight is 378 g/mol. The van der Waals surface area contributed by atoms with Crippen molar-refractivity contribution in [3.8, 4) is 5.75 Å². The van der Waals surface area contributed by atoms with Crippen LogP contribution in [0.25, 0.3) is 0 Å². The fraction of sp³-hybridized carbons (Fsp3) is 0.632. The molecule has 0 saturated heterocycles. The third kappa shape index (κ3) is 3.42. The highest BCUT2D eigenvalue weighted by Gasteiger charge is 2.50. The first kappa shape index (κ1) is 15.5. The topological polar surface area (TPSA) is 38.3 Å². The summed E-state index contributed by atoms with van der Waals surface area (Å²) in [6.07, 6.45) is 8.31. The molecule has 1 aromatic carbocycles. The normalized spacial score (nSPS) is 34.4. The smallest absolute Gasteiger partial charge is 0.257 e. The Morgan fingerprint density at radius 3 is 2.43 bits per heavy atom. The van der Waals surface area contributed by atoms with Gasteiger partial charge in [-0.1, -0.05) is 22.0 Å². The van der Waals surface area contributed by atoms with Crippen molar-refractivity contribution in [3.63, 3.8) is 0 Å². The summed E-state index contributed by atoms with van der Waals surface area (Å²) in [5, 5.41) is 3.15. The summed E-state index contributed by atoms with van der Waals surface area (Å²) in [6.45, 7) is 0.944. The highest BCUT2D eigenvalue weighted by Crippen LogP contribution is 2.59. The van der Waals surface area contributed by atoms with Gasteiger partial charge in [0.05, 0.1) is 0 Å². The first-order chi connectivity index (χ1) is 11.1. The summed E-state index contributed by atoms with van der Waals surface area (Å²) in [5.41, 5.74) is 0.389. The summed E-state index contributed by atoms with van der Waals surface area (Å²) in [7, 11) is 0. The Morgan fingerprint density at radius 1 is 1.17 bits per heavy atom. The number of rotatable bonds is 5. The van der Waals surface area contributed by atoms with Gasteiger partial charge in [-0.25, -0.2) is 0 Å². The Hall–Kier alpha value is -1.03. The second-order valence-corrected chi connectivity index (χ2v) is 8.86. The monoisotopic (exact) mass is 377 g/mol. The maximum Gasteiger partial charge on any atom is 0.257 e. The molecule has 1 amide bonds. The van der Waals surface area contributed by atoms with Crippen LogP contribution in [0, 0.1) is 23.2 Å². The lowest BCUT2D eigenvalue weighted by Crippen LogP contribution is -2.51. The van der Waals surface area contributed by atoms with Crippen LogP contribution in [-0.4, -0.2) is 19.1 Å². The zero-order valence-corrected chi connectivity index (χ0v) is 15.0. The largest absolute Gasteiger partial charge is 0.484 e. The maximum absolute atomic E-state index is 12.1. The number of carbonyl (C=O) groups excluding carboxylic acids is 1. The molecule has 3 nitrogen and oxygen atoms in total. The first-order valence-electron chi connectivity index (χ1n) is 8.75. The summed E-state index contributed by atoms with van der Waals surface area (Å²) < 4.78 is 6.54. The number of carbonyl (C=O) groups is 1. The molecule has 1 aromatic rings. The van der Waals surface area contributed by atoms with Crippen molar-refractivity contribution >= 4 is 21.8 Å². The minimum atomic E-state index is 0.000668. The Bertz CT molecular complexity index is 566. The molecule has 0 radical (unpaired) electrons. The van der Waals surface area contributed by atoms with E-state index in [0.29, 0.717) is 5.41 Å². The summed E-state index contributed by atoms with van der Waals surface area (Å²) in [6, 6.07) is 7.61. The van der Waals surface area contributed by atoms with Crippen LogP contribution in [0.1, 0.15) is 38.5 Å². The summed E-state index contributed by atoms with van der Waals surface area (Å²) >= 11 is 3.41. The Labute approximate surface area is 146 Å². The lowest BCUT2D eigenvalue weighted by Gasteiger charge is -2.56. The molecule has 0 atom stereocenters. The first-order valence-corrected chi connectivity index (χ1v) is 9.55. The molecule has 5 rings (SSSR count). The van der Waals surface area contributed by atoms with Crippen molar-refractivity contribution in [3.05, 3.63) is 28.7 Å². The van der Waals surface area contributed by atoms with Crippen molar-refractivity contribution < 1.29 is 9.53 Å². The van der Waals surface area contributed by atoms with Crippen LogP contribution >= 0.6 is 15.9 Å². The molecule has 4 bridgehead atoms. The van der Waals surface area contributed by atoms with E-state index in [1.54, 1.807) is 0 Å². The van der Waals surface area contributed by atoms with Gasteiger partial charge in [0.2, 0.25) is 0 Å². The molecule has 0 aromatic heterocycles. The van der Waals surface area contributed by atoms with Crippen molar-refractivity contribution in [2.45, 2.75) is 38.5 Å². The van der Waals surface area contributed by atoms with E-state index in [0.717, 1.165) is 34.5 Å². The van der Waals surface area contributed by atoms with E-state index in [-0.39, 0.29) is 12.5 Å². The molecule has 4 fully saturated rings. The van der Waals surface area contributed by atoms with Gasteiger partial charge in [-0.15, -0.1) is 0 Å². The standard InChI is InChI=1S/C19H24BrNO2/c20-16-2-1-3-17(7-16)23-11-18(22)21-12-19-8-13-4-14(9-19)6-15(5-13)10-19/h1-3,7,13-15H,4-6,8-12H2,(H,21,22). The predicted molar refractivity (Wildman–Crippen MR) is 93.3 cm³/mol. The number of nitrogens with one attached hydrogen (secondary N) is 1. The molecule has 23 heavy (non-hydrogen) atoms. The average Bonchev–Trinajstić information content (AvgIpc) is 2.50. The Kier molecular flexibility index (Phi) is 4.12. The van der Waals surface area contributed by atoms with Gasteiger partial charge in [0.15, 0.2) is 6.61 Å². The number of hydrogen-bond acceptors (Lipinski definition) is 2. The number of hydrogen-bond donors (Lipinski definition) is 1. The molecule has 4 heteroatoms. The van der Waals surface area contributed by atoms with Crippen LogP contribution in [0.2, 0.25) is 0 Å². The minimum absolute atomic E-state index is 0.000668. The number of halogens is 1. The molecule has 1 N–H and O–H groups in total. The van der Waals surface area contributed by atoms with Gasteiger partial charge < -0.3 is 10.1 Å². The molecule has 0 spiro atoms. The molecule has 4 aliphatic carbocycles. The number of amides is 1. The van der Waals surface area contributed by atoms with Gasteiger partial charge in [-0.05, 0) is 79.9 Å². The molecular formula is C19H24BrNO2. The van der Waals surface area contributed by atoms with Gasteiger partial charge >= 0.3 is 0 Å². The van der Waals surface area contributed by atoms with Crippen LogP contribution in [0.5, 0.6) is 5.75 Å². The van der Waals surface area contributed by atoms with Crippen molar-refractivity contribution in [1.82, 2.24) is 5.32 Å². The third-order valence-corrected chi connectivity index (χ3v) is 6.48. The molecule has 0 heterocycles. The van der Waals surface area contributed by atoms with Crippen LogP contribution < -0.4 is 10.1 Å². The van der Waals surface area contributed by atoms with Gasteiger partial charge in [0.25, 0.3) is 5.91 Å². The summed E-state index contributed by atoms with van der Waals surface area (Å²) in [4.78, 5) is 12.1. The second-order valence-electron chi connectivity index (χ2n) is 7.94. The van der Waals surface area contributed by atoms with E-state index < -0.39 is 0 Å². The van der Waals surface area contributed by atoms with Crippen LogP contribution in [-0.2, 0) is 4.79 Å². The fourth-order valence-electron chi connectivity index (χ4n) is 5.55. The van der Waals surface area contributed by atoms with E-state index in [9.17, 15) is 4.79 Å². The second kappa shape index (κ2) is 6.12. The SMILES string of the molecule is O=C(COc1cccc(Br)c1)NCC12CC3CC(CC(C3)C1)C2. The molecule has 124 valence electrons. The molecule has 0 unspecified atom stereocenters. The van der Waals surface area contributed by atoms with Gasteiger partial charge in [-0.2, -0.15) is 0 Å². The Balaban J connectivity index is 1.28.